The molecule has 2 aromatic rings. The second kappa shape index (κ2) is 7.04. The molecule has 0 saturated carbocycles. The maximum atomic E-state index is 12.9. The van der Waals surface area contributed by atoms with E-state index in [-0.39, 0.29) is 23.3 Å². The van der Waals surface area contributed by atoms with Crippen molar-refractivity contribution < 1.29 is 35.9 Å². The lowest BCUT2D eigenvalue weighted by Crippen LogP contribution is -2.20. The molecule has 0 atom stereocenters. The number of alkyl halides is 6. The minimum atomic E-state index is -5.02. The zero-order valence-electron chi connectivity index (χ0n) is 13.7. The maximum Gasteiger partial charge on any atom is 0.416 e. The van der Waals surface area contributed by atoms with Crippen molar-refractivity contribution in [2.24, 2.45) is 0 Å². The van der Waals surface area contributed by atoms with E-state index in [1.165, 1.54) is 30.0 Å². The topological polar surface area (TPSA) is 58.2 Å². The van der Waals surface area contributed by atoms with Crippen molar-refractivity contribution in [3.63, 3.8) is 0 Å². The standard InChI is InChI=1S/C17H10F6N2O2S/c18-16(19,20)9-4-10(17(21,22)23)6-11(5-9)24-15(27)8-1-2-13-12(3-8)25-14(26)7-28-13/h1-6H,7H2,(H,24,27)(H,25,26). The lowest BCUT2D eigenvalue weighted by Gasteiger charge is -2.17. The number of carbonyl (C=O) groups excluding carboxylic acids is 2. The van der Waals surface area contributed by atoms with Crippen molar-refractivity contribution in [1.29, 1.82) is 0 Å². The Bertz CT molecular complexity index is 923. The van der Waals surface area contributed by atoms with Gasteiger partial charge in [0.1, 0.15) is 0 Å². The van der Waals surface area contributed by atoms with E-state index in [4.69, 9.17) is 0 Å². The van der Waals surface area contributed by atoms with Gasteiger partial charge in [0.05, 0.1) is 22.6 Å². The van der Waals surface area contributed by atoms with Crippen LogP contribution in [0.4, 0.5) is 37.7 Å². The van der Waals surface area contributed by atoms with Crippen molar-refractivity contribution >= 4 is 35.0 Å². The van der Waals surface area contributed by atoms with Gasteiger partial charge in [0.2, 0.25) is 5.91 Å². The first kappa shape index (κ1) is 20.1. The van der Waals surface area contributed by atoms with Crippen molar-refractivity contribution in [2.75, 3.05) is 16.4 Å². The molecule has 2 N–H and O–H groups in total. The van der Waals surface area contributed by atoms with Gasteiger partial charge in [-0.1, -0.05) is 0 Å². The predicted molar refractivity (Wildman–Crippen MR) is 90.2 cm³/mol. The summed E-state index contributed by atoms with van der Waals surface area (Å²) >= 11 is 1.24. The van der Waals surface area contributed by atoms with E-state index in [1.807, 2.05) is 5.32 Å². The molecule has 0 unspecified atom stereocenters. The van der Waals surface area contributed by atoms with E-state index < -0.39 is 35.1 Å². The lowest BCUT2D eigenvalue weighted by atomic mass is 10.1. The molecule has 28 heavy (non-hydrogen) atoms. The molecule has 0 saturated heterocycles. The van der Waals surface area contributed by atoms with Gasteiger partial charge in [0, 0.05) is 16.1 Å². The van der Waals surface area contributed by atoms with E-state index in [0.29, 0.717) is 22.7 Å². The summed E-state index contributed by atoms with van der Waals surface area (Å²) in [4.78, 5) is 24.4. The number of fused-ring (bicyclic) bond motifs is 1. The number of hydrogen-bond acceptors (Lipinski definition) is 3. The van der Waals surface area contributed by atoms with Crippen LogP contribution < -0.4 is 10.6 Å². The fourth-order valence-corrected chi connectivity index (χ4v) is 3.24. The molecule has 0 aliphatic carbocycles. The average molecular weight is 420 g/mol. The van der Waals surface area contributed by atoms with E-state index >= 15 is 0 Å². The summed E-state index contributed by atoms with van der Waals surface area (Å²) in [7, 11) is 0. The Morgan fingerprint density at radius 2 is 1.57 bits per heavy atom. The van der Waals surface area contributed by atoms with Crippen molar-refractivity contribution in [2.45, 2.75) is 17.2 Å². The highest BCUT2D eigenvalue weighted by molar-refractivity contribution is 8.00. The van der Waals surface area contributed by atoms with Crippen LogP contribution in [0.25, 0.3) is 0 Å². The van der Waals surface area contributed by atoms with Gasteiger partial charge in [-0.3, -0.25) is 9.59 Å². The fourth-order valence-electron chi connectivity index (χ4n) is 2.45. The molecule has 1 aliphatic heterocycles. The Kier molecular flexibility index (Phi) is 5.04. The van der Waals surface area contributed by atoms with Crippen molar-refractivity contribution in [3.8, 4) is 0 Å². The van der Waals surface area contributed by atoms with Crippen LogP contribution in [0.5, 0.6) is 0 Å². The normalized spacial score (nSPS) is 14.3. The smallest absolute Gasteiger partial charge is 0.324 e. The number of amides is 2. The number of thioether (sulfide) groups is 1. The van der Waals surface area contributed by atoms with Crippen LogP contribution in [0, 0.1) is 0 Å². The first-order valence-corrected chi connectivity index (χ1v) is 8.59. The third kappa shape index (κ3) is 4.41. The fraction of sp³-hybridized carbons (Fsp3) is 0.176. The van der Waals surface area contributed by atoms with Gasteiger partial charge in [-0.2, -0.15) is 26.3 Å². The van der Waals surface area contributed by atoms with Crippen molar-refractivity contribution in [3.05, 3.63) is 53.1 Å². The summed E-state index contributed by atoms with van der Waals surface area (Å²) in [5.41, 5.74) is -3.41. The summed E-state index contributed by atoms with van der Waals surface area (Å²) in [5.74, 6) is -1.01. The number of benzene rings is 2. The number of hydrogen-bond donors (Lipinski definition) is 2. The monoisotopic (exact) mass is 420 g/mol. The molecule has 1 aliphatic rings. The van der Waals surface area contributed by atoms with Gasteiger partial charge in [0.25, 0.3) is 5.91 Å². The molecule has 3 rings (SSSR count). The zero-order chi connectivity index (χ0) is 20.7. The summed E-state index contributed by atoms with van der Waals surface area (Å²) in [5, 5.41) is 4.58. The highest BCUT2D eigenvalue weighted by Gasteiger charge is 2.37. The number of nitrogens with one attached hydrogen (secondary N) is 2. The van der Waals surface area contributed by atoms with Crippen LogP contribution in [0.15, 0.2) is 41.3 Å². The number of carbonyl (C=O) groups is 2. The molecule has 11 heteroatoms. The number of rotatable bonds is 2. The molecular formula is C17H10F6N2O2S. The summed E-state index contributed by atoms with van der Waals surface area (Å²) in [6.45, 7) is 0. The van der Waals surface area contributed by atoms with Gasteiger partial charge < -0.3 is 10.6 Å². The van der Waals surface area contributed by atoms with Crippen LogP contribution in [0.2, 0.25) is 0 Å². The van der Waals surface area contributed by atoms with E-state index in [0.717, 1.165) is 0 Å². The Hall–Kier alpha value is -2.69. The minimum absolute atomic E-state index is 0.0265. The molecule has 0 aromatic heterocycles. The highest BCUT2D eigenvalue weighted by Crippen LogP contribution is 2.38. The quantitative estimate of drug-likeness (QED) is 0.671. The largest absolute Gasteiger partial charge is 0.416 e. The SMILES string of the molecule is O=C1CSc2ccc(C(=O)Nc3cc(C(F)(F)F)cc(C(F)(F)F)c3)cc2N1. The Morgan fingerprint density at radius 1 is 0.964 bits per heavy atom. The summed E-state index contributed by atoms with van der Waals surface area (Å²) in [6.07, 6.45) is -10.0. The summed E-state index contributed by atoms with van der Waals surface area (Å²) in [6, 6.07) is 5.00. The highest BCUT2D eigenvalue weighted by atomic mass is 32.2. The Labute approximate surface area is 158 Å². The minimum Gasteiger partial charge on any atom is -0.324 e. The van der Waals surface area contributed by atoms with Gasteiger partial charge in [-0.25, -0.2) is 0 Å². The van der Waals surface area contributed by atoms with Gasteiger partial charge >= 0.3 is 12.4 Å². The lowest BCUT2D eigenvalue weighted by molar-refractivity contribution is -0.143. The van der Waals surface area contributed by atoms with Crippen LogP contribution in [-0.4, -0.2) is 17.6 Å². The summed E-state index contributed by atoms with van der Waals surface area (Å²) < 4.78 is 77.4. The van der Waals surface area contributed by atoms with E-state index in [1.54, 1.807) is 0 Å². The molecule has 0 bridgehead atoms. The first-order valence-electron chi connectivity index (χ1n) is 7.61. The molecule has 4 nitrogen and oxygen atoms in total. The molecule has 2 aromatic carbocycles. The van der Waals surface area contributed by atoms with Gasteiger partial charge in [-0.15, -0.1) is 11.8 Å². The third-order valence-corrected chi connectivity index (χ3v) is 4.79. The van der Waals surface area contributed by atoms with Crippen molar-refractivity contribution in [1.82, 2.24) is 0 Å². The maximum absolute atomic E-state index is 12.9. The molecular weight excluding hydrogens is 410 g/mol. The van der Waals surface area contributed by atoms with Crippen LogP contribution in [-0.2, 0) is 17.1 Å². The average Bonchev–Trinajstić information content (AvgIpc) is 2.59. The second-order valence-electron chi connectivity index (χ2n) is 5.80. The van der Waals surface area contributed by atoms with Gasteiger partial charge in [0.15, 0.2) is 0 Å². The van der Waals surface area contributed by atoms with Crippen LogP contribution in [0.3, 0.4) is 0 Å². The van der Waals surface area contributed by atoms with Gasteiger partial charge in [-0.05, 0) is 36.4 Å². The Morgan fingerprint density at radius 3 is 2.14 bits per heavy atom. The zero-order valence-corrected chi connectivity index (χ0v) is 14.5. The third-order valence-electron chi connectivity index (χ3n) is 3.72. The Balaban J connectivity index is 1.92. The van der Waals surface area contributed by atoms with Crippen LogP contribution in [0.1, 0.15) is 21.5 Å². The second-order valence-corrected chi connectivity index (χ2v) is 6.81. The van der Waals surface area contributed by atoms with E-state index in [9.17, 15) is 35.9 Å². The number of anilines is 2. The predicted octanol–water partition coefficient (Wildman–Crippen LogP) is 5.02. The molecule has 0 spiro atoms. The molecule has 2 amide bonds. The molecule has 0 radical (unpaired) electrons. The number of halogens is 6. The van der Waals surface area contributed by atoms with E-state index in [2.05, 4.69) is 5.32 Å². The molecule has 1 heterocycles. The van der Waals surface area contributed by atoms with Crippen LogP contribution >= 0.6 is 11.8 Å². The molecule has 148 valence electrons. The molecule has 0 fully saturated rings. The first-order chi connectivity index (χ1) is 12.9.